The van der Waals surface area contributed by atoms with Gasteiger partial charge in [-0.2, -0.15) is 4.98 Å². The van der Waals surface area contributed by atoms with Gasteiger partial charge in [0.2, 0.25) is 10.0 Å². The molecule has 26 heavy (non-hydrogen) atoms. The van der Waals surface area contributed by atoms with Crippen LogP contribution in [0, 0.1) is 0 Å². The smallest absolute Gasteiger partial charge is 0.258 e. The van der Waals surface area contributed by atoms with Crippen LogP contribution in [-0.2, 0) is 15.6 Å². The molecule has 9 nitrogen and oxygen atoms in total. The Balaban J connectivity index is 2.05. The van der Waals surface area contributed by atoms with Crippen molar-refractivity contribution in [2.45, 2.75) is 31.2 Å². The minimum atomic E-state index is -3.52. The molecule has 0 bridgehead atoms. The normalized spacial score (nSPS) is 16.5. The van der Waals surface area contributed by atoms with Gasteiger partial charge < -0.3 is 19.7 Å². The third kappa shape index (κ3) is 3.61. The van der Waals surface area contributed by atoms with Crippen molar-refractivity contribution in [3.63, 3.8) is 0 Å². The number of methoxy groups -OCH3 is 2. The van der Waals surface area contributed by atoms with Crippen molar-refractivity contribution in [2.24, 2.45) is 5.73 Å². The van der Waals surface area contributed by atoms with Gasteiger partial charge in [-0.3, -0.25) is 4.72 Å². The fourth-order valence-corrected chi connectivity index (χ4v) is 3.69. The zero-order valence-corrected chi connectivity index (χ0v) is 15.7. The first kappa shape index (κ1) is 18.5. The molecule has 1 saturated carbocycles. The summed E-state index contributed by atoms with van der Waals surface area (Å²) in [7, 11) is -0.642. The molecule has 2 aromatic rings. The van der Waals surface area contributed by atoms with Crippen molar-refractivity contribution in [3.05, 3.63) is 18.0 Å². The highest BCUT2D eigenvalue weighted by molar-refractivity contribution is 7.92. The zero-order valence-electron chi connectivity index (χ0n) is 14.9. The zero-order chi connectivity index (χ0) is 18.9. The van der Waals surface area contributed by atoms with E-state index in [9.17, 15) is 8.42 Å². The Hall–Kier alpha value is -2.33. The van der Waals surface area contributed by atoms with Gasteiger partial charge in [-0.05, 0) is 25.0 Å². The minimum absolute atomic E-state index is 0.215. The molecule has 1 aromatic carbocycles. The van der Waals surface area contributed by atoms with Gasteiger partial charge in [-0.15, -0.1) is 0 Å². The standard InChI is InChI=1S/C16H22N4O5S/c1-23-12-9-10(8-11(13(12)24-2)20-26(3,21)22)14-18-15(19-25-14)16(17)6-4-5-7-16/h8-9,20H,4-7,17H2,1-3H3. The predicted octanol–water partition coefficient (Wildman–Crippen LogP) is 1.85. The van der Waals surface area contributed by atoms with E-state index in [1.165, 1.54) is 14.2 Å². The summed E-state index contributed by atoms with van der Waals surface area (Å²) in [5.41, 5.74) is 6.50. The summed E-state index contributed by atoms with van der Waals surface area (Å²) < 4.78 is 41.7. The maximum absolute atomic E-state index is 11.7. The number of sulfonamides is 1. The second kappa shape index (κ2) is 6.76. The highest BCUT2D eigenvalue weighted by Gasteiger charge is 2.36. The van der Waals surface area contributed by atoms with Gasteiger partial charge in [0.15, 0.2) is 17.3 Å². The van der Waals surface area contributed by atoms with Crippen molar-refractivity contribution in [2.75, 3.05) is 25.2 Å². The summed E-state index contributed by atoms with van der Waals surface area (Å²) in [6.45, 7) is 0. The van der Waals surface area contributed by atoms with Crippen LogP contribution in [0.1, 0.15) is 31.5 Å². The van der Waals surface area contributed by atoms with Gasteiger partial charge in [0, 0.05) is 5.56 Å². The molecule has 10 heteroatoms. The SMILES string of the molecule is COc1cc(-c2nc(C3(N)CCCC3)no2)cc(NS(C)(=O)=O)c1OC. The number of benzene rings is 1. The molecule has 0 radical (unpaired) electrons. The molecule has 1 aliphatic carbocycles. The van der Waals surface area contributed by atoms with Crippen molar-refractivity contribution in [1.29, 1.82) is 0 Å². The molecule has 0 saturated heterocycles. The van der Waals surface area contributed by atoms with E-state index in [0.29, 0.717) is 17.1 Å². The van der Waals surface area contributed by atoms with E-state index in [-0.39, 0.29) is 17.3 Å². The number of nitrogens with two attached hydrogens (primary N) is 1. The summed E-state index contributed by atoms with van der Waals surface area (Å²) in [6.07, 6.45) is 4.71. The maximum atomic E-state index is 11.7. The molecule has 1 aromatic heterocycles. The molecule has 3 N–H and O–H groups in total. The molecule has 0 spiro atoms. The van der Waals surface area contributed by atoms with E-state index >= 15 is 0 Å². The Morgan fingerprint density at radius 2 is 1.92 bits per heavy atom. The molecule has 0 aliphatic heterocycles. The van der Waals surface area contributed by atoms with Gasteiger partial charge in [0.05, 0.1) is 31.7 Å². The minimum Gasteiger partial charge on any atom is -0.493 e. The van der Waals surface area contributed by atoms with Crippen LogP contribution in [0.4, 0.5) is 5.69 Å². The number of nitrogens with one attached hydrogen (secondary N) is 1. The Labute approximate surface area is 151 Å². The predicted molar refractivity (Wildman–Crippen MR) is 95.6 cm³/mol. The van der Waals surface area contributed by atoms with Crippen LogP contribution in [0.15, 0.2) is 16.7 Å². The van der Waals surface area contributed by atoms with Crippen molar-refractivity contribution in [1.82, 2.24) is 10.1 Å². The third-order valence-electron chi connectivity index (χ3n) is 4.39. The number of rotatable bonds is 6. The van der Waals surface area contributed by atoms with Crippen LogP contribution in [0.25, 0.3) is 11.5 Å². The van der Waals surface area contributed by atoms with Crippen LogP contribution in [0.2, 0.25) is 0 Å². The van der Waals surface area contributed by atoms with E-state index in [0.717, 1.165) is 31.9 Å². The first-order chi connectivity index (χ1) is 12.3. The Bertz CT molecular complexity index is 903. The Morgan fingerprint density at radius 1 is 1.23 bits per heavy atom. The molecular weight excluding hydrogens is 360 g/mol. The number of anilines is 1. The van der Waals surface area contributed by atoms with E-state index in [4.69, 9.17) is 19.7 Å². The molecule has 142 valence electrons. The molecule has 0 unspecified atom stereocenters. The topological polar surface area (TPSA) is 130 Å². The highest BCUT2D eigenvalue weighted by Crippen LogP contribution is 2.41. The van der Waals surface area contributed by atoms with Crippen molar-refractivity contribution >= 4 is 15.7 Å². The monoisotopic (exact) mass is 382 g/mol. The van der Waals surface area contributed by atoms with Gasteiger partial charge in [0.25, 0.3) is 5.89 Å². The molecule has 1 fully saturated rings. The lowest BCUT2D eigenvalue weighted by molar-refractivity contribution is 0.356. The number of nitrogens with zero attached hydrogens (tertiary/aromatic N) is 2. The van der Waals surface area contributed by atoms with E-state index < -0.39 is 15.6 Å². The lowest BCUT2D eigenvalue weighted by Gasteiger charge is -2.17. The average Bonchev–Trinajstić information content (AvgIpc) is 3.22. The molecular formula is C16H22N4O5S. The van der Waals surface area contributed by atoms with Crippen LogP contribution >= 0.6 is 0 Å². The average molecular weight is 382 g/mol. The first-order valence-electron chi connectivity index (χ1n) is 8.13. The lowest BCUT2D eigenvalue weighted by atomic mass is 9.99. The highest BCUT2D eigenvalue weighted by atomic mass is 32.2. The summed E-state index contributed by atoms with van der Waals surface area (Å²) in [5, 5.41) is 4.03. The van der Waals surface area contributed by atoms with E-state index in [2.05, 4.69) is 14.9 Å². The molecule has 3 rings (SSSR count). The van der Waals surface area contributed by atoms with E-state index in [1.54, 1.807) is 12.1 Å². The van der Waals surface area contributed by atoms with Crippen LogP contribution in [-0.4, -0.2) is 39.0 Å². The van der Waals surface area contributed by atoms with Crippen LogP contribution in [0.3, 0.4) is 0 Å². The largest absolute Gasteiger partial charge is 0.493 e. The molecule has 0 amide bonds. The Morgan fingerprint density at radius 3 is 2.50 bits per heavy atom. The molecule has 1 aliphatic rings. The number of ether oxygens (including phenoxy) is 2. The number of hydrogen-bond donors (Lipinski definition) is 2. The maximum Gasteiger partial charge on any atom is 0.258 e. The van der Waals surface area contributed by atoms with Gasteiger partial charge in [0.1, 0.15) is 0 Å². The number of hydrogen-bond acceptors (Lipinski definition) is 8. The summed E-state index contributed by atoms with van der Waals surface area (Å²) in [4.78, 5) is 4.43. The van der Waals surface area contributed by atoms with Gasteiger partial charge in [-0.1, -0.05) is 18.0 Å². The van der Waals surface area contributed by atoms with Gasteiger partial charge in [-0.25, -0.2) is 8.42 Å². The number of aromatic nitrogens is 2. The molecule has 1 heterocycles. The summed E-state index contributed by atoms with van der Waals surface area (Å²) >= 11 is 0. The van der Waals surface area contributed by atoms with E-state index in [1.807, 2.05) is 0 Å². The third-order valence-corrected chi connectivity index (χ3v) is 4.98. The fourth-order valence-electron chi connectivity index (χ4n) is 3.14. The quantitative estimate of drug-likeness (QED) is 0.774. The molecule has 0 atom stereocenters. The summed E-state index contributed by atoms with van der Waals surface area (Å²) in [6, 6.07) is 3.19. The fraction of sp³-hybridized carbons (Fsp3) is 0.500. The van der Waals surface area contributed by atoms with Crippen LogP contribution < -0.4 is 19.9 Å². The second-order valence-corrected chi connectivity index (χ2v) is 8.17. The lowest BCUT2D eigenvalue weighted by Crippen LogP contribution is -2.34. The van der Waals surface area contributed by atoms with Crippen molar-refractivity contribution < 1.29 is 22.4 Å². The first-order valence-corrected chi connectivity index (χ1v) is 10.0. The Kier molecular flexibility index (Phi) is 4.80. The van der Waals surface area contributed by atoms with Crippen LogP contribution in [0.5, 0.6) is 11.5 Å². The van der Waals surface area contributed by atoms with Crippen molar-refractivity contribution in [3.8, 4) is 23.0 Å². The second-order valence-electron chi connectivity index (χ2n) is 6.42. The van der Waals surface area contributed by atoms with Gasteiger partial charge >= 0.3 is 0 Å². The summed E-state index contributed by atoms with van der Waals surface area (Å²) in [5.74, 6) is 1.28.